The Morgan fingerprint density at radius 2 is 0.671 bits per heavy atom. The minimum absolute atomic E-state index is 0.0105. The van der Waals surface area contributed by atoms with Gasteiger partial charge in [0.2, 0.25) is 5.91 Å². The monoisotopic (exact) mass is 986 g/mol. The summed E-state index contributed by atoms with van der Waals surface area (Å²) >= 11 is 0. The average Bonchev–Trinajstić information content (AvgIpc) is 3.36. The molecule has 0 spiro atoms. The summed E-state index contributed by atoms with van der Waals surface area (Å²) in [6.45, 7) is 4.92. The normalized spacial score (nSPS) is 12.7. The number of aliphatic hydroxyl groups is 2. The molecule has 2 unspecified atom stereocenters. The maximum atomic E-state index is 12.5. The molecule has 414 valence electrons. The van der Waals surface area contributed by atoms with E-state index < -0.39 is 12.1 Å². The molecule has 0 rings (SSSR count). The zero-order valence-corrected chi connectivity index (χ0v) is 47.3. The molecule has 6 heteroatoms. The predicted octanol–water partition coefficient (Wildman–Crippen LogP) is 19.8. The van der Waals surface area contributed by atoms with Gasteiger partial charge in [-0.05, 0) is 57.8 Å². The van der Waals surface area contributed by atoms with Crippen LogP contribution in [0.15, 0.2) is 24.3 Å². The van der Waals surface area contributed by atoms with Crippen molar-refractivity contribution in [3.8, 4) is 0 Å². The highest BCUT2D eigenvalue weighted by Crippen LogP contribution is 2.17. The van der Waals surface area contributed by atoms with Crippen LogP contribution in [0.1, 0.15) is 348 Å². The lowest BCUT2D eigenvalue weighted by molar-refractivity contribution is -0.143. The lowest BCUT2D eigenvalue weighted by Crippen LogP contribution is -2.45. The summed E-state index contributed by atoms with van der Waals surface area (Å²) in [6, 6.07) is -0.633. The van der Waals surface area contributed by atoms with Gasteiger partial charge in [0.05, 0.1) is 25.4 Å². The third-order valence-corrected chi connectivity index (χ3v) is 14.7. The number of carbonyl (C=O) groups excluding carboxylic acids is 2. The van der Waals surface area contributed by atoms with Crippen molar-refractivity contribution in [3.05, 3.63) is 24.3 Å². The summed E-state index contributed by atoms with van der Waals surface area (Å²) in [5.41, 5.74) is 0. The van der Waals surface area contributed by atoms with E-state index in [0.717, 1.165) is 44.9 Å². The van der Waals surface area contributed by atoms with Crippen LogP contribution in [0.4, 0.5) is 0 Å². The Kier molecular flexibility index (Phi) is 58.5. The van der Waals surface area contributed by atoms with Crippen molar-refractivity contribution in [2.24, 2.45) is 0 Å². The molecule has 0 heterocycles. The minimum Gasteiger partial charge on any atom is -0.466 e. The molecule has 0 aliphatic carbocycles. The highest BCUT2D eigenvalue weighted by atomic mass is 16.5. The standard InChI is InChI=1S/C64H123NO5/c1-3-5-7-9-11-13-15-17-18-19-24-27-30-33-36-40-44-48-52-56-62(67)61(60-66)65-63(68)57-53-49-45-41-37-34-31-28-25-22-20-21-23-26-29-32-35-39-43-47-51-55-59-70-64(69)58-54-50-46-42-38-16-14-12-10-8-6-4-2/h22,25,52,56,61-62,66-67H,3-21,23-24,26-51,53-55,57-60H2,1-2H3,(H,65,68)/b25-22-,56-52+. The summed E-state index contributed by atoms with van der Waals surface area (Å²) in [5.74, 6) is -0.0617. The molecule has 2 atom stereocenters. The molecule has 3 N–H and O–H groups in total. The van der Waals surface area contributed by atoms with Crippen molar-refractivity contribution in [1.82, 2.24) is 5.32 Å². The fraction of sp³-hybridized carbons (Fsp3) is 0.906. The molecular weight excluding hydrogens is 863 g/mol. The van der Waals surface area contributed by atoms with Crippen LogP contribution in [0, 0.1) is 0 Å². The molecule has 1 amide bonds. The SMILES string of the molecule is CCCCCCCCCCCCCCCCCCC/C=C/C(O)C(CO)NC(=O)CCCCCCCCC/C=C\CCCCCCCCCCCCCOC(=O)CCCCCCCCCCCCCC. The number of amides is 1. The third-order valence-electron chi connectivity index (χ3n) is 14.7. The van der Waals surface area contributed by atoms with Crippen LogP contribution in [-0.2, 0) is 14.3 Å². The Balaban J connectivity index is 3.45. The Labute approximate surface area is 437 Å². The van der Waals surface area contributed by atoms with Gasteiger partial charge >= 0.3 is 5.97 Å². The van der Waals surface area contributed by atoms with Gasteiger partial charge in [0, 0.05) is 12.8 Å². The molecule has 0 saturated heterocycles. The van der Waals surface area contributed by atoms with Gasteiger partial charge in [0.25, 0.3) is 0 Å². The van der Waals surface area contributed by atoms with Gasteiger partial charge in [-0.3, -0.25) is 9.59 Å². The second kappa shape index (κ2) is 59.9. The summed E-state index contributed by atoms with van der Waals surface area (Å²) < 4.78 is 5.47. The molecule has 6 nitrogen and oxygen atoms in total. The van der Waals surface area contributed by atoms with Crippen molar-refractivity contribution in [2.75, 3.05) is 13.2 Å². The molecule has 0 aromatic heterocycles. The van der Waals surface area contributed by atoms with E-state index in [1.165, 1.54) is 276 Å². The maximum Gasteiger partial charge on any atom is 0.305 e. The molecular formula is C64H123NO5. The number of allylic oxidation sites excluding steroid dienone is 3. The van der Waals surface area contributed by atoms with E-state index in [1.54, 1.807) is 6.08 Å². The molecule has 0 aromatic carbocycles. The zero-order chi connectivity index (χ0) is 50.7. The summed E-state index contributed by atoms with van der Waals surface area (Å²) in [7, 11) is 0. The van der Waals surface area contributed by atoms with Crippen molar-refractivity contribution in [2.45, 2.75) is 360 Å². The first-order valence-electron chi connectivity index (χ1n) is 31.6. The van der Waals surface area contributed by atoms with E-state index in [9.17, 15) is 19.8 Å². The Hall–Kier alpha value is -1.66. The van der Waals surface area contributed by atoms with E-state index in [-0.39, 0.29) is 18.5 Å². The number of hydrogen-bond donors (Lipinski definition) is 3. The quantitative estimate of drug-likeness (QED) is 0.0321. The molecule has 0 saturated carbocycles. The summed E-state index contributed by atoms with van der Waals surface area (Å²) in [4.78, 5) is 24.5. The lowest BCUT2D eigenvalue weighted by atomic mass is 10.0. The number of hydrogen-bond acceptors (Lipinski definition) is 5. The zero-order valence-electron chi connectivity index (χ0n) is 47.3. The van der Waals surface area contributed by atoms with Crippen LogP contribution < -0.4 is 5.32 Å². The number of carbonyl (C=O) groups is 2. The van der Waals surface area contributed by atoms with Gasteiger partial charge in [0.15, 0.2) is 0 Å². The van der Waals surface area contributed by atoms with Crippen LogP contribution in [0.25, 0.3) is 0 Å². The van der Waals surface area contributed by atoms with Crippen LogP contribution >= 0.6 is 0 Å². The van der Waals surface area contributed by atoms with Gasteiger partial charge < -0.3 is 20.3 Å². The summed E-state index contributed by atoms with van der Waals surface area (Å²) in [5, 5.41) is 23.2. The number of unbranched alkanes of at least 4 members (excludes halogenated alkanes) is 46. The smallest absolute Gasteiger partial charge is 0.305 e. The van der Waals surface area contributed by atoms with Gasteiger partial charge in [-0.25, -0.2) is 0 Å². The van der Waals surface area contributed by atoms with Crippen molar-refractivity contribution >= 4 is 11.9 Å². The first kappa shape index (κ1) is 68.3. The molecule has 70 heavy (non-hydrogen) atoms. The summed E-state index contributed by atoms with van der Waals surface area (Å²) in [6.07, 6.45) is 73.6. The first-order valence-corrected chi connectivity index (χ1v) is 31.6. The second-order valence-corrected chi connectivity index (χ2v) is 21.7. The molecule has 0 aromatic rings. The average molecular weight is 987 g/mol. The molecule has 0 aliphatic heterocycles. The second-order valence-electron chi connectivity index (χ2n) is 21.7. The van der Waals surface area contributed by atoms with Crippen LogP contribution in [0.3, 0.4) is 0 Å². The van der Waals surface area contributed by atoms with E-state index in [4.69, 9.17) is 4.74 Å². The van der Waals surface area contributed by atoms with Crippen LogP contribution in [0.2, 0.25) is 0 Å². The third kappa shape index (κ3) is 55.7. The van der Waals surface area contributed by atoms with E-state index >= 15 is 0 Å². The van der Waals surface area contributed by atoms with Gasteiger partial charge in [-0.1, -0.05) is 301 Å². The minimum atomic E-state index is -0.849. The highest BCUT2D eigenvalue weighted by molar-refractivity contribution is 5.76. The Morgan fingerprint density at radius 3 is 1.01 bits per heavy atom. The largest absolute Gasteiger partial charge is 0.466 e. The number of rotatable bonds is 59. The van der Waals surface area contributed by atoms with Crippen molar-refractivity contribution < 1.29 is 24.5 Å². The number of aliphatic hydroxyl groups excluding tert-OH is 2. The van der Waals surface area contributed by atoms with Crippen LogP contribution in [-0.4, -0.2) is 47.4 Å². The van der Waals surface area contributed by atoms with Crippen molar-refractivity contribution in [3.63, 3.8) is 0 Å². The topological polar surface area (TPSA) is 95.9 Å². The predicted molar refractivity (Wildman–Crippen MR) is 306 cm³/mol. The molecule has 0 bridgehead atoms. The number of nitrogens with one attached hydrogen (secondary N) is 1. The number of ether oxygens (including phenoxy) is 1. The fourth-order valence-electron chi connectivity index (χ4n) is 9.87. The maximum absolute atomic E-state index is 12.5. The number of esters is 1. The van der Waals surface area contributed by atoms with Crippen molar-refractivity contribution in [1.29, 1.82) is 0 Å². The highest BCUT2D eigenvalue weighted by Gasteiger charge is 2.18. The van der Waals surface area contributed by atoms with Gasteiger partial charge in [-0.15, -0.1) is 0 Å². The van der Waals surface area contributed by atoms with E-state index in [1.807, 2.05) is 6.08 Å². The first-order chi connectivity index (χ1) is 34.5. The van der Waals surface area contributed by atoms with Crippen LogP contribution in [0.5, 0.6) is 0 Å². The van der Waals surface area contributed by atoms with Gasteiger partial charge in [-0.2, -0.15) is 0 Å². The van der Waals surface area contributed by atoms with E-state index in [0.29, 0.717) is 19.4 Å². The molecule has 0 aliphatic rings. The van der Waals surface area contributed by atoms with Gasteiger partial charge in [0.1, 0.15) is 0 Å². The Bertz CT molecular complexity index is 1090. The molecule has 0 fully saturated rings. The lowest BCUT2D eigenvalue weighted by Gasteiger charge is -2.20. The molecule has 0 radical (unpaired) electrons. The fourth-order valence-corrected chi connectivity index (χ4v) is 9.87. The Morgan fingerprint density at radius 1 is 0.386 bits per heavy atom. The van der Waals surface area contributed by atoms with E-state index in [2.05, 4.69) is 31.3 Å².